The summed E-state index contributed by atoms with van der Waals surface area (Å²) in [6.45, 7) is 4.16. The van der Waals surface area contributed by atoms with Crippen LogP contribution in [0.3, 0.4) is 0 Å². The van der Waals surface area contributed by atoms with Crippen molar-refractivity contribution in [2.45, 2.75) is 19.8 Å². The van der Waals surface area contributed by atoms with Crippen LogP contribution >= 0.6 is 11.7 Å². The molecule has 1 aromatic heterocycles. The smallest absolute Gasteiger partial charge is 0.257 e. The maximum absolute atomic E-state index is 12.1. The zero-order valence-corrected chi connectivity index (χ0v) is 14.7. The average Bonchev–Trinajstić information content (AvgIpc) is 3.29. The van der Waals surface area contributed by atoms with Crippen molar-refractivity contribution in [3.8, 4) is 11.6 Å². The van der Waals surface area contributed by atoms with E-state index in [-0.39, 0.29) is 11.7 Å². The highest BCUT2D eigenvalue weighted by atomic mass is 32.1. The number of benzene rings is 1. The number of aromatic nitrogens is 2. The quantitative estimate of drug-likeness (QED) is 0.824. The molecule has 1 amide bonds. The molecule has 0 spiro atoms. The number of hydrogen-bond acceptors (Lipinski definition) is 7. The molecule has 1 saturated heterocycles. The largest absolute Gasteiger partial charge is 0.505 e. The molecule has 0 unspecified atom stereocenters. The van der Waals surface area contributed by atoms with Crippen molar-refractivity contribution in [2.75, 3.05) is 32.1 Å². The van der Waals surface area contributed by atoms with E-state index >= 15 is 0 Å². The Bertz CT molecular complexity index is 643. The monoisotopic (exact) mass is 350 g/mol. The van der Waals surface area contributed by atoms with Crippen LogP contribution in [0.5, 0.6) is 11.6 Å². The maximum Gasteiger partial charge on any atom is 0.257 e. The van der Waals surface area contributed by atoms with Crippen molar-refractivity contribution in [1.82, 2.24) is 13.6 Å². The molecule has 0 atom stereocenters. The molecule has 0 saturated carbocycles. The van der Waals surface area contributed by atoms with Gasteiger partial charge in [-0.15, -0.1) is 4.37 Å². The van der Waals surface area contributed by atoms with E-state index < -0.39 is 0 Å². The van der Waals surface area contributed by atoms with Gasteiger partial charge in [-0.1, -0.05) is 6.07 Å². The molecular formula is C16H22N4O3S. The number of nitrogens with one attached hydrogen (secondary N) is 1. The van der Waals surface area contributed by atoms with Gasteiger partial charge in [-0.3, -0.25) is 4.79 Å². The molecule has 1 fully saturated rings. The highest BCUT2D eigenvalue weighted by molar-refractivity contribution is 6.99. The van der Waals surface area contributed by atoms with Crippen molar-refractivity contribution < 1.29 is 14.6 Å². The van der Waals surface area contributed by atoms with Gasteiger partial charge in [0.05, 0.1) is 29.6 Å². The number of anilines is 1. The Balaban J connectivity index is 0.000000219. The standard InChI is InChI=1S/C12H16N2O2.C4H6N2OS/c1-13-10-6-4-5-9(11(10)15)12(16)14-7-2-3-8-14;1-2-7-4-3-5-8-6-4/h4-6,13,15H,2-3,7-8H2,1H3;3H,2H2,1H3. The predicted octanol–water partition coefficient (Wildman–Crippen LogP) is 2.61. The highest BCUT2D eigenvalue weighted by Gasteiger charge is 2.22. The molecule has 130 valence electrons. The lowest BCUT2D eigenvalue weighted by molar-refractivity contribution is 0.0790. The van der Waals surface area contributed by atoms with Crippen LogP contribution in [0.2, 0.25) is 0 Å². The third-order valence-corrected chi connectivity index (χ3v) is 4.02. The van der Waals surface area contributed by atoms with Crippen LogP contribution in [-0.2, 0) is 0 Å². The van der Waals surface area contributed by atoms with Gasteiger partial charge in [-0.2, -0.15) is 4.37 Å². The number of para-hydroxylation sites is 1. The van der Waals surface area contributed by atoms with Gasteiger partial charge in [-0.05, 0) is 31.9 Å². The maximum atomic E-state index is 12.1. The van der Waals surface area contributed by atoms with Crippen LogP contribution in [0.25, 0.3) is 0 Å². The minimum absolute atomic E-state index is 0.0434. The molecule has 0 bridgehead atoms. The SMILES string of the molecule is CCOc1cnsn1.CNc1cccc(C(=O)N2CCCC2)c1O. The van der Waals surface area contributed by atoms with Crippen molar-refractivity contribution in [1.29, 1.82) is 0 Å². The number of carbonyl (C=O) groups excluding carboxylic acids is 1. The molecule has 1 aliphatic heterocycles. The van der Waals surface area contributed by atoms with Gasteiger partial charge < -0.3 is 20.1 Å². The number of nitrogens with zero attached hydrogens (tertiary/aromatic N) is 3. The number of carbonyl (C=O) groups is 1. The van der Waals surface area contributed by atoms with Crippen LogP contribution in [0.1, 0.15) is 30.1 Å². The minimum Gasteiger partial charge on any atom is -0.505 e. The first kappa shape index (κ1) is 18.0. The second kappa shape index (κ2) is 9.07. The molecule has 24 heavy (non-hydrogen) atoms. The normalized spacial score (nSPS) is 13.2. The fourth-order valence-corrected chi connectivity index (χ4v) is 2.74. The van der Waals surface area contributed by atoms with Gasteiger partial charge in [0.2, 0.25) is 5.88 Å². The van der Waals surface area contributed by atoms with Crippen LogP contribution in [0, 0.1) is 0 Å². The first-order chi connectivity index (χ1) is 11.7. The molecule has 1 aliphatic rings. The van der Waals surface area contributed by atoms with Gasteiger partial charge >= 0.3 is 0 Å². The van der Waals surface area contributed by atoms with Crippen molar-refractivity contribution in [2.24, 2.45) is 0 Å². The summed E-state index contributed by atoms with van der Waals surface area (Å²) in [6.07, 6.45) is 3.71. The van der Waals surface area contributed by atoms with Gasteiger partial charge in [0, 0.05) is 20.1 Å². The third kappa shape index (κ3) is 4.58. The first-order valence-corrected chi connectivity index (χ1v) is 8.59. The molecule has 0 radical (unpaired) electrons. The number of ether oxygens (including phenoxy) is 1. The minimum atomic E-state index is -0.0768. The number of amides is 1. The zero-order valence-electron chi connectivity index (χ0n) is 13.9. The Hall–Kier alpha value is -2.35. The Kier molecular flexibility index (Phi) is 6.80. The van der Waals surface area contributed by atoms with Crippen molar-refractivity contribution in [3.63, 3.8) is 0 Å². The number of likely N-dealkylation sites (tertiary alicyclic amines) is 1. The van der Waals surface area contributed by atoms with E-state index in [0.29, 0.717) is 23.7 Å². The predicted molar refractivity (Wildman–Crippen MR) is 93.9 cm³/mol. The molecule has 2 N–H and O–H groups in total. The second-order valence-electron chi connectivity index (χ2n) is 5.13. The summed E-state index contributed by atoms with van der Waals surface area (Å²) in [7, 11) is 1.72. The van der Waals surface area contributed by atoms with E-state index in [9.17, 15) is 9.90 Å². The molecule has 2 aromatic rings. The Labute approximate surface area is 145 Å². The summed E-state index contributed by atoms with van der Waals surface area (Å²) in [6, 6.07) is 5.18. The number of rotatable bonds is 4. The van der Waals surface area contributed by atoms with Gasteiger partial charge in [0.1, 0.15) is 6.20 Å². The fraction of sp³-hybridized carbons (Fsp3) is 0.438. The summed E-state index contributed by atoms with van der Waals surface area (Å²) in [4.78, 5) is 13.9. The summed E-state index contributed by atoms with van der Waals surface area (Å²) in [5, 5.41) is 12.8. The summed E-state index contributed by atoms with van der Waals surface area (Å²) in [5.41, 5.74) is 0.971. The summed E-state index contributed by atoms with van der Waals surface area (Å²) in [5.74, 6) is 0.589. The Morgan fingerprint density at radius 1 is 1.42 bits per heavy atom. The summed E-state index contributed by atoms with van der Waals surface area (Å²) >= 11 is 1.15. The van der Waals surface area contributed by atoms with Crippen LogP contribution in [0.4, 0.5) is 5.69 Å². The van der Waals surface area contributed by atoms with Crippen molar-refractivity contribution >= 4 is 23.3 Å². The van der Waals surface area contributed by atoms with E-state index in [4.69, 9.17) is 4.74 Å². The number of phenols is 1. The van der Waals surface area contributed by atoms with E-state index in [2.05, 4.69) is 14.1 Å². The summed E-state index contributed by atoms with van der Waals surface area (Å²) < 4.78 is 12.5. The third-order valence-electron chi connectivity index (χ3n) is 3.56. The molecule has 2 heterocycles. The van der Waals surface area contributed by atoms with E-state index in [1.807, 2.05) is 6.92 Å². The van der Waals surface area contributed by atoms with Crippen molar-refractivity contribution in [3.05, 3.63) is 30.0 Å². The zero-order chi connectivity index (χ0) is 17.4. The molecule has 8 heteroatoms. The number of phenolic OH excluding ortho intramolecular Hbond substituents is 1. The van der Waals surface area contributed by atoms with E-state index in [0.717, 1.165) is 37.7 Å². The lowest BCUT2D eigenvalue weighted by atomic mass is 10.1. The van der Waals surface area contributed by atoms with E-state index in [1.165, 1.54) is 0 Å². The lowest BCUT2D eigenvalue weighted by Gasteiger charge is -2.17. The van der Waals surface area contributed by atoms with Gasteiger partial charge in [-0.25, -0.2) is 0 Å². The lowest BCUT2D eigenvalue weighted by Crippen LogP contribution is -2.27. The van der Waals surface area contributed by atoms with Crippen LogP contribution in [-0.4, -0.2) is 51.4 Å². The molecule has 1 aromatic carbocycles. The van der Waals surface area contributed by atoms with Crippen LogP contribution in [0.15, 0.2) is 24.4 Å². The van der Waals surface area contributed by atoms with Crippen LogP contribution < -0.4 is 10.1 Å². The first-order valence-electron chi connectivity index (χ1n) is 7.86. The molecular weight excluding hydrogens is 328 g/mol. The van der Waals surface area contributed by atoms with Gasteiger partial charge in [0.15, 0.2) is 5.75 Å². The Morgan fingerprint density at radius 3 is 2.75 bits per heavy atom. The second-order valence-corrected chi connectivity index (χ2v) is 5.69. The topological polar surface area (TPSA) is 87.6 Å². The number of hydrogen-bond donors (Lipinski definition) is 2. The molecule has 3 rings (SSSR count). The average molecular weight is 350 g/mol. The molecule has 7 nitrogen and oxygen atoms in total. The fourth-order valence-electron chi connectivity index (χ4n) is 2.38. The Morgan fingerprint density at radius 2 is 2.17 bits per heavy atom. The highest BCUT2D eigenvalue weighted by Crippen LogP contribution is 2.28. The van der Waals surface area contributed by atoms with E-state index in [1.54, 1.807) is 36.3 Å². The van der Waals surface area contributed by atoms with Gasteiger partial charge in [0.25, 0.3) is 5.91 Å². The number of aromatic hydroxyl groups is 1. The molecule has 0 aliphatic carbocycles.